The number of phenolic OH excluding ortho intramolecular Hbond substituents is 1. The second kappa shape index (κ2) is 5.37. The topological polar surface area (TPSA) is 72.0 Å². The first-order chi connectivity index (χ1) is 11.2. The van der Waals surface area contributed by atoms with Crippen LogP contribution in [0.25, 0.3) is 31.9 Å². The van der Waals surface area contributed by atoms with E-state index in [4.69, 9.17) is 5.73 Å². The molecule has 2 aromatic carbocycles. The predicted molar refractivity (Wildman–Crippen MR) is 94.4 cm³/mol. The Kier molecular flexibility index (Phi) is 3.20. The molecule has 0 aliphatic carbocycles. The molecule has 3 N–H and O–H groups in total. The number of nitrogens with two attached hydrogens (primary N) is 1. The van der Waals surface area contributed by atoms with Crippen LogP contribution >= 0.6 is 11.3 Å². The first-order valence-electron chi connectivity index (χ1n) is 7.11. The fourth-order valence-electron chi connectivity index (χ4n) is 2.42. The van der Waals surface area contributed by atoms with Crippen molar-refractivity contribution in [3.05, 3.63) is 60.8 Å². The lowest BCUT2D eigenvalue weighted by molar-refractivity contribution is 0.476. The Morgan fingerprint density at radius 2 is 1.61 bits per heavy atom. The maximum Gasteiger partial charge on any atom is 0.124 e. The summed E-state index contributed by atoms with van der Waals surface area (Å²) in [4.78, 5) is 8.73. The Bertz CT molecular complexity index is 976. The first-order valence-corrected chi connectivity index (χ1v) is 7.92. The number of nitrogens with zero attached hydrogens (tertiary/aromatic N) is 2. The molecule has 0 unspecified atom stereocenters. The highest BCUT2D eigenvalue weighted by atomic mass is 32.1. The quantitative estimate of drug-likeness (QED) is 0.577. The number of benzene rings is 2. The zero-order valence-electron chi connectivity index (χ0n) is 12.1. The molecule has 2 aromatic heterocycles. The van der Waals surface area contributed by atoms with Crippen LogP contribution < -0.4 is 5.73 Å². The Hall–Kier alpha value is -2.92. The summed E-state index contributed by atoms with van der Waals surface area (Å²) in [6.07, 6.45) is 1.77. The number of pyridine rings is 1. The van der Waals surface area contributed by atoms with Crippen molar-refractivity contribution in [2.24, 2.45) is 0 Å². The van der Waals surface area contributed by atoms with Crippen molar-refractivity contribution >= 4 is 27.4 Å². The van der Waals surface area contributed by atoms with Gasteiger partial charge in [-0.05, 0) is 35.9 Å². The molecule has 4 rings (SSSR count). The van der Waals surface area contributed by atoms with E-state index in [-0.39, 0.29) is 5.75 Å². The maximum atomic E-state index is 9.56. The molecule has 112 valence electrons. The van der Waals surface area contributed by atoms with Crippen molar-refractivity contribution in [2.45, 2.75) is 0 Å². The van der Waals surface area contributed by atoms with Crippen molar-refractivity contribution in [3.8, 4) is 27.4 Å². The van der Waals surface area contributed by atoms with E-state index in [1.54, 1.807) is 35.7 Å². The van der Waals surface area contributed by atoms with Crippen LogP contribution in [-0.2, 0) is 0 Å². The van der Waals surface area contributed by atoms with Gasteiger partial charge in [0.2, 0.25) is 0 Å². The van der Waals surface area contributed by atoms with Gasteiger partial charge < -0.3 is 10.8 Å². The summed E-state index contributed by atoms with van der Waals surface area (Å²) in [5.41, 5.74) is 9.68. The van der Waals surface area contributed by atoms with Crippen LogP contribution in [0.2, 0.25) is 0 Å². The molecule has 5 heteroatoms. The van der Waals surface area contributed by atoms with Crippen LogP contribution in [0.4, 0.5) is 5.82 Å². The lowest BCUT2D eigenvalue weighted by Crippen LogP contribution is -1.88. The van der Waals surface area contributed by atoms with Gasteiger partial charge in [-0.15, -0.1) is 11.3 Å². The minimum Gasteiger partial charge on any atom is -0.508 e. The van der Waals surface area contributed by atoms with E-state index in [9.17, 15) is 5.11 Å². The monoisotopic (exact) mass is 319 g/mol. The highest BCUT2D eigenvalue weighted by molar-refractivity contribution is 7.21. The number of rotatable bonds is 2. The van der Waals surface area contributed by atoms with E-state index in [2.05, 4.69) is 9.97 Å². The molecule has 23 heavy (non-hydrogen) atoms. The largest absolute Gasteiger partial charge is 0.508 e. The minimum atomic E-state index is 0.263. The minimum absolute atomic E-state index is 0.263. The Morgan fingerprint density at radius 3 is 2.35 bits per heavy atom. The van der Waals surface area contributed by atoms with Crippen LogP contribution in [0.15, 0.2) is 60.8 Å². The highest BCUT2D eigenvalue weighted by Crippen LogP contribution is 2.33. The number of fused-ring (bicyclic) bond motifs is 1. The smallest absolute Gasteiger partial charge is 0.124 e. The van der Waals surface area contributed by atoms with Crippen LogP contribution in [0.3, 0.4) is 0 Å². The van der Waals surface area contributed by atoms with E-state index in [1.165, 1.54) is 0 Å². The van der Waals surface area contributed by atoms with Gasteiger partial charge in [0.15, 0.2) is 0 Å². The van der Waals surface area contributed by atoms with Crippen LogP contribution in [0, 0.1) is 0 Å². The maximum absolute atomic E-state index is 9.56. The van der Waals surface area contributed by atoms with Crippen LogP contribution in [0.1, 0.15) is 0 Å². The summed E-state index contributed by atoms with van der Waals surface area (Å²) in [5.74, 6) is 0.780. The molecule has 0 bridgehead atoms. The summed E-state index contributed by atoms with van der Waals surface area (Å²) in [6, 6.07) is 17.2. The van der Waals surface area contributed by atoms with Gasteiger partial charge in [0, 0.05) is 17.3 Å². The van der Waals surface area contributed by atoms with Gasteiger partial charge in [-0.25, -0.2) is 9.97 Å². The van der Waals surface area contributed by atoms with Gasteiger partial charge in [0.05, 0.1) is 10.2 Å². The van der Waals surface area contributed by atoms with Gasteiger partial charge in [0.1, 0.15) is 16.6 Å². The molecule has 0 spiro atoms. The van der Waals surface area contributed by atoms with Crippen molar-refractivity contribution in [1.29, 1.82) is 0 Å². The van der Waals surface area contributed by atoms with Crippen molar-refractivity contribution in [1.82, 2.24) is 9.97 Å². The fourth-order valence-corrected chi connectivity index (χ4v) is 3.42. The van der Waals surface area contributed by atoms with Crippen LogP contribution in [0.5, 0.6) is 5.75 Å². The summed E-state index contributed by atoms with van der Waals surface area (Å²) in [7, 11) is 0. The summed E-state index contributed by atoms with van der Waals surface area (Å²) >= 11 is 1.57. The van der Waals surface area contributed by atoms with Gasteiger partial charge in [-0.3, -0.25) is 0 Å². The second-order valence-corrected chi connectivity index (χ2v) is 6.25. The highest BCUT2D eigenvalue weighted by Gasteiger charge is 2.07. The fraction of sp³-hybridized carbons (Fsp3) is 0. The molecule has 0 radical (unpaired) electrons. The third kappa shape index (κ3) is 2.62. The standard InChI is InChI=1S/C18H13N3OS/c19-17-8-5-13(10-20-17)11-1-3-12(4-2-11)18-21-15-7-6-14(22)9-16(15)23-18/h1-10,22H,(H2,19,20). The molecule has 0 aliphatic heterocycles. The summed E-state index contributed by atoms with van der Waals surface area (Å²) in [5, 5.41) is 10.5. The number of hydrogen-bond acceptors (Lipinski definition) is 5. The molecule has 0 saturated heterocycles. The van der Waals surface area contributed by atoms with Gasteiger partial charge in [-0.1, -0.05) is 24.3 Å². The van der Waals surface area contributed by atoms with Gasteiger partial charge in [0.25, 0.3) is 0 Å². The number of aromatic hydroxyl groups is 1. The predicted octanol–water partition coefficient (Wildman–Crippen LogP) is 4.31. The van der Waals surface area contributed by atoms with E-state index in [1.807, 2.05) is 36.4 Å². The van der Waals surface area contributed by atoms with E-state index < -0.39 is 0 Å². The number of aromatic nitrogens is 2. The summed E-state index contributed by atoms with van der Waals surface area (Å²) < 4.78 is 0.979. The lowest BCUT2D eigenvalue weighted by Gasteiger charge is -2.03. The third-order valence-corrected chi connectivity index (χ3v) is 4.69. The molecule has 0 fully saturated rings. The van der Waals surface area contributed by atoms with Crippen molar-refractivity contribution < 1.29 is 5.11 Å². The molecule has 4 aromatic rings. The Morgan fingerprint density at radius 1 is 0.870 bits per heavy atom. The number of nitrogen functional groups attached to an aromatic ring is 1. The summed E-state index contributed by atoms with van der Waals surface area (Å²) in [6.45, 7) is 0. The molecular weight excluding hydrogens is 306 g/mol. The number of hydrogen-bond donors (Lipinski definition) is 2. The zero-order chi connectivity index (χ0) is 15.8. The van der Waals surface area contributed by atoms with Gasteiger partial charge >= 0.3 is 0 Å². The molecule has 4 nitrogen and oxygen atoms in total. The molecule has 0 saturated carbocycles. The number of phenols is 1. The Labute approximate surface area is 136 Å². The first kappa shape index (κ1) is 13.7. The molecule has 0 aliphatic rings. The normalized spacial score (nSPS) is 11.0. The second-order valence-electron chi connectivity index (χ2n) is 5.22. The molecule has 0 amide bonds. The molecule has 0 atom stereocenters. The average Bonchev–Trinajstić information content (AvgIpc) is 2.99. The van der Waals surface area contributed by atoms with E-state index in [0.29, 0.717) is 5.82 Å². The number of anilines is 1. The average molecular weight is 319 g/mol. The van der Waals surface area contributed by atoms with E-state index in [0.717, 1.165) is 31.9 Å². The molecule has 2 heterocycles. The van der Waals surface area contributed by atoms with Crippen molar-refractivity contribution in [3.63, 3.8) is 0 Å². The number of thiazole rings is 1. The zero-order valence-corrected chi connectivity index (χ0v) is 12.9. The Balaban J connectivity index is 1.70. The molecular formula is C18H13N3OS. The van der Waals surface area contributed by atoms with Crippen LogP contribution in [-0.4, -0.2) is 15.1 Å². The van der Waals surface area contributed by atoms with E-state index >= 15 is 0 Å². The SMILES string of the molecule is Nc1ccc(-c2ccc(-c3nc4ccc(O)cc4s3)cc2)cn1. The van der Waals surface area contributed by atoms with Crippen molar-refractivity contribution in [2.75, 3.05) is 5.73 Å². The third-order valence-electron chi connectivity index (χ3n) is 3.62. The lowest BCUT2D eigenvalue weighted by atomic mass is 10.1. The van der Waals surface area contributed by atoms with Gasteiger partial charge in [-0.2, -0.15) is 0 Å².